The van der Waals surface area contributed by atoms with E-state index in [1.54, 1.807) is 13.1 Å². The number of benzene rings is 2. The van der Waals surface area contributed by atoms with E-state index in [2.05, 4.69) is 48.6 Å². The van der Waals surface area contributed by atoms with Gasteiger partial charge in [0.05, 0.1) is 7.11 Å². The Morgan fingerprint density at radius 2 is 1.81 bits per heavy atom. The van der Waals surface area contributed by atoms with E-state index < -0.39 is 5.97 Å². The number of hydrogen-bond donors (Lipinski definition) is 0. The van der Waals surface area contributed by atoms with Crippen LogP contribution in [0.1, 0.15) is 11.1 Å². The van der Waals surface area contributed by atoms with Gasteiger partial charge in [-0.25, -0.2) is 0 Å². The molecule has 32 heavy (non-hydrogen) atoms. The molecule has 1 fully saturated rings. The van der Waals surface area contributed by atoms with Crippen LogP contribution in [0, 0.1) is 0 Å². The van der Waals surface area contributed by atoms with Gasteiger partial charge in [0.25, 0.3) is 5.91 Å². The number of thiocarbonyl (C=S) groups is 1. The van der Waals surface area contributed by atoms with Crippen LogP contribution in [0.4, 0.5) is 0 Å². The highest BCUT2D eigenvalue weighted by atomic mass is 79.9. The Kier molecular flexibility index (Phi) is 6.50. The summed E-state index contributed by atoms with van der Waals surface area (Å²) in [6, 6.07) is 14.2. The number of amides is 1. The minimum Gasteiger partial charge on any atom is -0.468 e. The number of ether oxygens (including phenoxy) is 1. The summed E-state index contributed by atoms with van der Waals surface area (Å²) in [6.07, 6.45) is 3.80. The molecule has 0 radical (unpaired) electrons. The van der Waals surface area contributed by atoms with Crippen LogP contribution in [0.15, 0.2) is 63.3 Å². The fourth-order valence-electron chi connectivity index (χ4n) is 3.62. The van der Waals surface area contributed by atoms with Crippen molar-refractivity contribution >= 4 is 78.0 Å². The number of fused-ring (bicyclic) bond motifs is 1. The first kappa shape index (κ1) is 22.7. The molecule has 1 aliphatic rings. The molecule has 1 aliphatic heterocycles. The number of esters is 1. The van der Waals surface area contributed by atoms with E-state index in [4.69, 9.17) is 17.0 Å². The van der Waals surface area contributed by atoms with E-state index in [1.807, 2.05) is 36.5 Å². The number of methoxy groups -OCH3 is 1. The zero-order valence-corrected chi connectivity index (χ0v) is 21.3. The van der Waals surface area contributed by atoms with Crippen molar-refractivity contribution in [2.75, 3.05) is 20.7 Å². The summed E-state index contributed by atoms with van der Waals surface area (Å²) < 4.78 is 8.89. The highest BCUT2D eigenvalue weighted by Gasteiger charge is 2.37. The molecule has 0 spiro atoms. The SMILES string of the molecule is COC(=O)CN1C(=S)N(C)C(=O)/C1=C/c1cn(Cc2ccc(Br)cc2)c2ccc(Br)cc12. The number of rotatable bonds is 5. The largest absolute Gasteiger partial charge is 0.468 e. The maximum Gasteiger partial charge on any atom is 0.325 e. The second-order valence-corrected chi connectivity index (χ2v) is 9.54. The van der Waals surface area contributed by atoms with Gasteiger partial charge >= 0.3 is 5.97 Å². The van der Waals surface area contributed by atoms with Crippen molar-refractivity contribution in [3.8, 4) is 0 Å². The summed E-state index contributed by atoms with van der Waals surface area (Å²) >= 11 is 12.4. The summed E-state index contributed by atoms with van der Waals surface area (Å²) in [5, 5.41) is 1.25. The highest BCUT2D eigenvalue weighted by molar-refractivity contribution is 9.10. The van der Waals surface area contributed by atoms with E-state index in [-0.39, 0.29) is 17.6 Å². The predicted octanol–water partition coefficient (Wildman–Crippen LogP) is 4.79. The van der Waals surface area contributed by atoms with Crippen molar-refractivity contribution < 1.29 is 14.3 Å². The van der Waals surface area contributed by atoms with Crippen LogP contribution in [-0.4, -0.2) is 52.1 Å². The molecule has 9 heteroatoms. The van der Waals surface area contributed by atoms with E-state index in [1.165, 1.54) is 16.9 Å². The molecule has 1 saturated heterocycles. The van der Waals surface area contributed by atoms with Gasteiger partial charge in [-0.2, -0.15) is 0 Å². The third kappa shape index (κ3) is 4.37. The van der Waals surface area contributed by atoms with Crippen molar-refractivity contribution in [1.82, 2.24) is 14.4 Å². The first-order chi connectivity index (χ1) is 15.3. The zero-order chi connectivity index (χ0) is 23.0. The van der Waals surface area contributed by atoms with Crippen LogP contribution in [0.5, 0.6) is 0 Å². The van der Waals surface area contributed by atoms with Gasteiger partial charge in [-0.3, -0.25) is 14.5 Å². The monoisotopic (exact) mass is 575 g/mol. The number of hydrogen-bond acceptors (Lipinski definition) is 4. The Hall–Kier alpha value is -2.49. The molecule has 6 nitrogen and oxygen atoms in total. The van der Waals surface area contributed by atoms with Crippen LogP contribution in [0.2, 0.25) is 0 Å². The third-order valence-corrected chi connectivity index (χ3v) is 6.80. The number of aromatic nitrogens is 1. The number of carbonyl (C=O) groups excluding carboxylic acids is 2. The van der Waals surface area contributed by atoms with Gasteiger partial charge in [0.15, 0.2) is 5.11 Å². The molecule has 0 saturated carbocycles. The van der Waals surface area contributed by atoms with Crippen LogP contribution >= 0.6 is 44.1 Å². The summed E-state index contributed by atoms with van der Waals surface area (Å²) in [5.41, 5.74) is 3.38. The summed E-state index contributed by atoms with van der Waals surface area (Å²) in [4.78, 5) is 27.7. The van der Waals surface area contributed by atoms with E-state index in [9.17, 15) is 9.59 Å². The lowest BCUT2D eigenvalue weighted by molar-refractivity contribution is -0.140. The van der Waals surface area contributed by atoms with Gasteiger partial charge in [-0.1, -0.05) is 44.0 Å². The maximum atomic E-state index is 12.9. The van der Waals surface area contributed by atoms with Crippen molar-refractivity contribution in [1.29, 1.82) is 0 Å². The highest BCUT2D eigenvalue weighted by Crippen LogP contribution is 2.30. The molecule has 164 valence electrons. The molecule has 2 heterocycles. The van der Waals surface area contributed by atoms with Crippen LogP contribution in [0.25, 0.3) is 17.0 Å². The first-order valence-electron chi connectivity index (χ1n) is 9.69. The Morgan fingerprint density at radius 3 is 2.50 bits per heavy atom. The van der Waals surface area contributed by atoms with Gasteiger partial charge in [0.1, 0.15) is 12.2 Å². The Labute approximate surface area is 207 Å². The summed E-state index contributed by atoms with van der Waals surface area (Å²) in [7, 11) is 2.91. The molecule has 1 amide bonds. The fraction of sp³-hybridized carbons (Fsp3) is 0.174. The lowest BCUT2D eigenvalue weighted by Gasteiger charge is -2.16. The molecule has 0 unspecified atom stereocenters. The van der Waals surface area contributed by atoms with Gasteiger partial charge in [-0.05, 0) is 54.2 Å². The maximum absolute atomic E-state index is 12.9. The molecule has 0 atom stereocenters. The van der Waals surface area contributed by atoms with Crippen LogP contribution in [0.3, 0.4) is 0 Å². The molecule has 4 rings (SSSR count). The van der Waals surface area contributed by atoms with Crippen molar-refractivity contribution in [2.24, 2.45) is 0 Å². The number of nitrogens with zero attached hydrogens (tertiary/aromatic N) is 3. The summed E-state index contributed by atoms with van der Waals surface area (Å²) in [5.74, 6) is -0.732. The second-order valence-electron chi connectivity index (χ2n) is 7.34. The van der Waals surface area contributed by atoms with E-state index >= 15 is 0 Å². The third-order valence-electron chi connectivity index (χ3n) is 5.28. The van der Waals surface area contributed by atoms with Gasteiger partial charge in [-0.15, -0.1) is 0 Å². The van der Waals surface area contributed by atoms with Gasteiger partial charge in [0.2, 0.25) is 0 Å². The Balaban J connectivity index is 1.80. The van der Waals surface area contributed by atoms with Crippen LogP contribution < -0.4 is 0 Å². The Bertz CT molecular complexity index is 1270. The lowest BCUT2D eigenvalue weighted by Crippen LogP contribution is -2.33. The molecule has 3 aromatic rings. The second kappa shape index (κ2) is 9.17. The molecule has 0 N–H and O–H groups in total. The van der Waals surface area contributed by atoms with Crippen LogP contribution in [-0.2, 0) is 20.9 Å². The summed E-state index contributed by atoms with van der Waals surface area (Å²) in [6.45, 7) is 0.547. The molecule has 1 aromatic heterocycles. The average molecular weight is 577 g/mol. The minimum atomic E-state index is -0.471. The molecule has 0 aliphatic carbocycles. The molecular weight excluding hydrogens is 558 g/mol. The Morgan fingerprint density at radius 1 is 1.12 bits per heavy atom. The minimum absolute atomic E-state index is 0.127. The normalized spacial score (nSPS) is 15.3. The van der Waals surface area contributed by atoms with E-state index in [0.29, 0.717) is 12.2 Å². The predicted molar refractivity (Wildman–Crippen MR) is 135 cm³/mol. The van der Waals surface area contributed by atoms with Crippen molar-refractivity contribution in [3.05, 3.63) is 74.4 Å². The molecular formula is C23H19Br2N3O3S. The standard InChI is InChI=1S/C23H19Br2N3O3S/c1-26-22(30)20(28(23(26)32)13-21(29)31-2)9-15-12-27(11-14-3-5-16(24)6-4-14)19-8-7-17(25)10-18(15)19/h3-10,12H,11,13H2,1-2H3/b20-9-. The van der Waals surface area contributed by atoms with Crippen molar-refractivity contribution in [2.45, 2.75) is 6.54 Å². The quantitative estimate of drug-likeness (QED) is 0.248. The zero-order valence-electron chi connectivity index (χ0n) is 17.3. The average Bonchev–Trinajstić information content (AvgIpc) is 3.20. The number of halogens is 2. The molecule has 2 aromatic carbocycles. The lowest BCUT2D eigenvalue weighted by atomic mass is 10.1. The number of carbonyl (C=O) groups is 2. The number of likely N-dealkylation sites (N-methyl/N-ethyl adjacent to an activating group) is 1. The smallest absolute Gasteiger partial charge is 0.325 e. The van der Waals surface area contributed by atoms with Gasteiger partial charge in [0, 0.05) is 45.2 Å². The molecule has 0 bridgehead atoms. The van der Waals surface area contributed by atoms with E-state index in [0.717, 1.165) is 31.0 Å². The van der Waals surface area contributed by atoms with Gasteiger partial charge < -0.3 is 14.2 Å². The topological polar surface area (TPSA) is 54.8 Å². The first-order valence-corrected chi connectivity index (χ1v) is 11.7. The van der Waals surface area contributed by atoms with Crippen molar-refractivity contribution in [3.63, 3.8) is 0 Å². The fourth-order valence-corrected chi connectivity index (χ4v) is 4.49.